The number of hydrogen-bond acceptors (Lipinski definition) is 6. The number of ether oxygens (including phenoxy) is 2. The van der Waals surface area contributed by atoms with Gasteiger partial charge in [0, 0.05) is 23.5 Å². The van der Waals surface area contributed by atoms with Gasteiger partial charge in [-0.15, -0.1) is 11.3 Å². The molecule has 0 saturated carbocycles. The third-order valence-corrected chi connectivity index (χ3v) is 4.49. The van der Waals surface area contributed by atoms with Crippen molar-refractivity contribution >= 4 is 17.3 Å². The van der Waals surface area contributed by atoms with E-state index in [1.807, 2.05) is 0 Å². The second-order valence-electron chi connectivity index (χ2n) is 4.81. The minimum atomic E-state index is -1.00. The molecule has 23 heavy (non-hydrogen) atoms. The van der Waals surface area contributed by atoms with E-state index >= 15 is 0 Å². The first-order chi connectivity index (χ1) is 11.2. The Kier molecular flexibility index (Phi) is 3.20. The summed E-state index contributed by atoms with van der Waals surface area (Å²) >= 11 is 1.14. The molecule has 0 spiro atoms. The third-order valence-electron chi connectivity index (χ3n) is 3.39. The number of fused-ring (bicyclic) bond motifs is 1. The van der Waals surface area contributed by atoms with Crippen LogP contribution in [0.15, 0.2) is 42.7 Å². The fourth-order valence-corrected chi connectivity index (χ4v) is 3.25. The summed E-state index contributed by atoms with van der Waals surface area (Å²) in [5, 5.41) is 10.1. The highest BCUT2D eigenvalue weighted by Gasteiger charge is 2.22. The molecule has 0 amide bonds. The van der Waals surface area contributed by atoms with Crippen LogP contribution in [0.3, 0.4) is 0 Å². The fourth-order valence-electron chi connectivity index (χ4n) is 2.32. The number of aromatic carboxylic acids is 1. The fraction of sp³-hybridized carbons (Fsp3) is 0.0625. The summed E-state index contributed by atoms with van der Waals surface area (Å²) in [6, 6.07) is 8.89. The highest BCUT2D eigenvalue weighted by molar-refractivity contribution is 7.17. The first kappa shape index (κ1) is 13.7. The van der Waals surface area contributed by atoms with Gasteiger partial charge < -0.3 is 14.6 Å². The molecule has 0 atom stereocenters. The second-order valence-corrected chi connectivity index (χ2v) is 5.80. The van der Waals surface area contributed by atoms with E-state index < -0.39 is 5.97 Å². The molecule has 0 bridgehead atoms. The van der Waals surface area contributed by atoms with Crippen LogP contribution in [0.25, 0.3) is 21.8 Å². The van der Waals surface area contributed by atoms with Crippen molar-refractivity contribution in [1.82, 2.24) is 9.97 Å². The second kappa shape index (κ2) is 5.36. The van der Waals surface area contributed by atoms with Crippen LogP contribution >= 0.6 is 11.3 Å². The monoisotopic (exact) mass is 326 g/mol. The third kappa shape index (κ3) is 2.40. The predicted octanol–water partition coefficient (Wildman–Crippen LogP) is 3.30. The van der Waals surface area contributed by atoms with Gasteiger partial charge in [0.15, 0.2) is 11.5 Å². The number of aromatic nitrogens is 2. The van der Waals surface area contributed by atoms with E-state index in [0.29, 0.717) is 27.8 Å². The molecular formula is C16H10N2O4S. The molecule has 6 nitrogen and oxygen atoms in total. The van der Waals surface area contributed by atoms with Crippen molar-refractivity contribution in [1.29, 1.82) is 0 Å². The first-order valence-electron chi connectivity index (χ1n) is 6.77. The van der Waals surface area contributed by atoms with Gasteiger partial charge in [-0.1, -0.05) is 0 Å². The Morgan fingerprint density at radius 1 is 1.09 bits per heavy atom. The number of nitrogens with zero attached hydrogens (tertiary/aromatic N) is 2. The lowest BCUT2D eigenvalue weighted by Gasteiger charge is -2.01. The summed E-state index contributed by atoms with van der Waals surface area (Å²) in [5.41, 5.74) is 1.94. The van der Waals surface area contributed by atoms with Gasteiger partial charge in [0.25, 0.3) is 0 Å². The maximum atomic E-state index is 11.6. The molecule has 0 fully saturated rings. The number of rotatable bonds is 3. The molecule has 2 aromatic heterocycles. The van der Waals surface area contributed by atoms with E-state index in [2.05, 4.69) is 9.97 Å². The number of hydrogen-bond donors (Lipinski definition) is 1. The molecular weight excluding hydrogens is 316 g/mol. The maximum Gasteiger partial charge on any atom is 0.348 e. The van der Waals surface area contributed by atoms with Gasteiger partial charge in [-0.3, -0.25) is 4.98 Å². The van der Waals surface area contributed by atoms with Crippen molar-refractivity contribution in [2.45, 2.75) is 0 Å². The Morgan fingerprint density at radius 2 is 1.87 bits per heavy atom. The molecule has 3 aromatic rings. The van der Waals surface area contributed by atoms with Gasteiger partial charge in [0.05, 0.1) is 5.69 Å². The highest BCUT2D eigenvalue weighted by Crippen LogP contribution is 2.39. The molecule has 1 aromatic carbocycles. The van der Waals surface area contributed by atoms with Crippen molar-refractivity contribution in [2.75, 3.05) is 6.79 Å². The van der Waals surface area contributed by atoms with Crippen LogP contribution in [-0.4, -0.2) is 27.8 Å². The van der Waals surface area contributed by atoms with Crippen LogP contribution in [0.2, 0.25) is 0 Å². The lowest BCUT2D eigenvalue weighted by Crippen LogP contribution is -1.95. The Balaban J connectivity index is 1.84. The summed E-state index contributed by atoms with van der Waals surface area (Å²) in [6.07, 6.45) is 3.30. The zero-order chi connectivity index (χ0) is 15.8. The first-order valence-corrected chi connectivity index (χ1v) is 7.58. The Bertz CT molecular complexity index is 892. The molecule has 3 heterocycles. The molecule has 4 rings (SSSR count). The van der Waals surface area contributed by atoms with Crippen molar-refractivity contribution in [2.24, 2.45) is 0 Å². The van der Waals surface area contributed by atoms with Crippen LogP contribution in [0.4, 0.5) is 0 Å². The summed E-state index contributed by atoms with van der Waals surface area (Å²) < 4.78 is 10.6. The van der Waals surface area contributed by atoms with Crippen LogP contribution < -0.4 is 9.47 Å². The van der Waals surface area contributed by atoms with Gasteiger partial charge in [-0.2, -0.15) is 0 Å². The number of thiazole rings is 1. The van der Waals surface area contributed by atoms with Crippen LogP contribution in [0.1, 0.15) is 9.67 Å². The molecule has 0 aliphatic carbocycles. The number of pyridine rings is 1. The van der Waals surface area contributed by atoms with Gasteiger partial charge in [0.2, 0.25) is 6.79 Å². The van der Waals surface area contributed by atoms with Crippen molar-refractivity contribution in [3.8, 4) is 33.3 Å². The summed E-state index contributed by atoms with van der Waals surface area (Å²) in [7, 11) is 0. The van der Waals surface area contributed by atoms with E-state index in [4.69, 9.17) is 9.47 Å². The van der Waals surface area contributed by atoms with Crippen LogP contribution in [-0.2, 0) is 0 Å². The molecule has 114 valence electrons. The maximum absolute atomic E-state index is 11.6. The van der Waals surface area contributed by atoms with E-state index in [1.54, 1.807) is 42.7 Å². The molecule has 0 radical (unpaired) electrons. The molecule has 7 heteroatoms. The SMILES string of the molecule is O=C(O)c1sc(-c2ccncc2)nc1-c1ccc2c(c1)OCO2. The van der Waals surface area contributed by atoms with Gasteiger partial charge >= 0.3 is 5.97 Å². The summed E-state index contributed by atoms with van der Waals surface area (Å²) in [6.45, 7) is 0.171. The standard InChI is InChI=1S/C16H10N2O4S/c19-16(20)14-13(10-1-2-11-12(7-10)22-8-21-11)18-15(23-14)9-3-5-17-6-4-9/h1-7H,8H2,(H,19,20). The predicted molar refractivity (Wildman–Crippen MR) is 83.9 cm³/mol. The van der Waals surface area contributed by atoms with Crippen LogP contribution in [0, 0.1) is 0 Å². The zero-order valence-electron chi connectivity index (χ0n) is 11.7. The topological polar surface area (TPSA) is 81.5 Å². The zero-order valence-corrected chi connectivity index (χ0v) is 12.5. The average Bonchev–Trinajstić information content (AvgIpc) is 3.22. The average molecular weight is 326 g/mol. The van der Waals surface area contributed by atoms with Gasteiger partial charge in [-0.05, 0) is 30.3 Å². The lowest BCUT2D eigenvalue weighted by atomic mass is 10.1. The van der Waals surface area contributed by atoms with Crippen molar-refractivity contribution < 1.29 is 19.4 Å². The molecule has 0 unspecified atom stereocenters. The Morgan fingerprint density at radius 3 is 2.65 bits per heavy atom. The Hall–Kier alpha value is -2.93. The summed E-state index contributed by atoms with van der Waals surface area (Å²) in [4.78, 5) is 20.2. The lowest BCUT2D eigenvalue weighted by molar-refractivity contribution is 0.0702. The van der Waals surface area contributed by atoms with E-state index in [1.165, 1.54) is 0 Å². The minimum absolute atomic E-state index is 0.171. The minimum Gasteiger partial charge on any atom is -0.477 e. The molecule has 0 saturated heterocycles. The highest BCUT2D eigenvalue weighted by atomic mass is 32.1. The van der Waals surface area contributed by atoms with Gasteiger partial charge in [0.1, 0.15) is 9.88 Å². The van der Waals surface area contributed by atoms with Gasteiger partial charge in [-0.25, -0.2) is 9.78 Å². The number of carbonyl (C=O) groups is 1. The molecule has 1 N–H and O–H groups in total. The molecule has 1 aliphatic rings. The summed E-state index contributed by atoms with van der Waals surface area (Å²) in [5.74, 6) is 0.239. The quantitative estimate of drug-likeness (QED) is 0.795. The Labute approximate surface area is 135 Å². The number of benzene rings is 1. The van der Waals surface area contributed by atoms with E-state index in [-0.39, 0.29) is 11.7 Å². The van der Waals surface area contributed by atoms with E-state index in [9.17, 15) is 9.90 Å². The molecule has 1 aliphatic heterocycles. The van der Waals surface area contributed by atoms with E-state index in [0.717, 1.165) is 16.9 Å². The smallest absolute Gasteiger partial charge is 0.348 e. The largest absolute Gasteiger partial charge is 0.477 e. The van der Waals surface area contributed by atoms with Crippen molar-refractivity contribution in [3.05, 3.63) is 47.6 Å². The normalized spacial score (nSPS) is 12.3. The number of carboxylic acids is 1. The number of carboxylic acid groups (broad SMARTS) is 1. The van der Waals surface area contributed by atoms with Crippen LogP contribution in [0.5, 0.6) is 11.5 Å². The van der Waals surface area contributed by atoms with Crippen molar-refractivity contribution in [3.63, 3.8) is 0 Å².